The summed E-state index contributed by atoms with van der Waals surface area (Å²) >= 11 is 0. The molecule has 0 saturated carbocycles. The maximum atomic E-state index is 13.1. The van der Waals surface area contributed by atoms with E-state index < -0.39 is 15.9 Å². The third-order valence-corrected chi connectivity index (χ3v) is 6.61. The summed E-state index contributed by atoms with van der Waals surface area (Å²) in [5.74, 6) is 0.172. The molecule has 1 aliphatic rings. The number of methoxy groups -OCH3 is 2. The van der Waals surface area contributed by atoms with E-state index in [0.717, 1.165) is 9.87 Å². The molecule has 3 rings (SSSR count). The fourth-order valence-corrected chi connectivity index (χ4v) is 4.68. The largest absolute Gasteiger partial charge is 0.493 e. The molecule has 1 N–H and O–H groups in total. The molecule has 0 bridgehead atoms. The van der Waals surface area contributed by atoms with Gasteiger partial charge >= 0.3 is 0 Å². The summed E-state index contributed by atoms with van der Waals surface area (Å²) < 4.78 is 37.8. The zero-order chi connectivity index (χ0) is 20.6. The molecular weight excluding hydrogens is 380 g/mol. The number of carbonyl (C=O) groups excluding carboxylic acids is 1. The lowest BCUT2D eigenvalue weighted by atomic mass is 10.0. The van der Waals surface area contributed by atoms with Crippen LogP contribution in [0.4, 0.5) is 11.4 Å². The van der Waals surface area contributed by atoms with Crippen LogP contribution < -0.4 is 19.1 Å². The van der Waals surface area contributed by atoms with E-state index in [-0.39, 0.29) is 4.91 Å². The highest BCUT2D eigenvalue weighted by atomic mass is 32.2. The van der Waals surface area contributed by atoms with Crippen LogP contribution in [0, 0.1) is 6.92 Å². The summed E-state index contributed by atoms with van der Waals surface area (Å²) in [6, 6.07) is 10.4. The minimum absolute atomic E-state index is 0.295. The van der Waals surface area contributed by atoms with Crippen LogP contribution in [0.5, 0.6) is 11.5 Å². The number of carbonyl (C=O) groups is 1. The zero-order valence-corrected chi connectivity index (χ0v) is 17.2. The summed E-state index contributed by atoms with van der Waals surface area (Å²) in [4.78, 5) is 12.6. The Kier molecular flexibility index (Phi) is 5.08. The Morgan fingerprint density at radius 2 is 1.68 bits per heavy atom. The molecule has 0 aromatic heterocycles. The van der Waals surface area contributed by atoms with Gasteiger partial charge in [-0.05, 0) is 43.2 Å². The molecule has 7 nitrogen and oxygen atoms in total. The zero-order valence-electron chi connectivity index (χ0n) is 16.4. The lowest BCUT2D eigenvalue weighted by Crippen LogP contribution is -2.36. The Morgan fingerprint density at radius 3 is 2.29 bits per heavy atom. The molecule has 2 aromatic rings. The number of anilines is 2. The molecule has 0 spiro atoms. The number of fused-ring (bicyclic) bond motifs is 1. The number of aryl methyl sites for hydroxylation is 1. The summed E-state index contributed by atoms with van der Waals surface area (Å²) in [6.07, 6.45) is 0. The average molecular weight is 402 g/mol. The Hall–Kier alpha value is -3.00. The summed E-state index contributed by atoms with van der Waals surface area (Å²) in [5, 5.41) is 2.68. The van der Waals surface area contributed by atoms with Gasteiger partial charge in [-0.3, -0.25) is 9.10 Å². The molecule has 8 heteroatoms. The van der Waals surface area contributed by atoms with Crippen molar-refractivity contribution >= 4 is 32.9 Å². The SMILES string of the molecule is COc1cc2c(cc1OC)N(C)S(=O)(=O)C(C(=O)Nc1cccc(C)c1)=C2C. The quantitative estimate of drug-likeness (QED) is 0.849. The molecule has 148 valence electrons. The van der Waals surface area contributed by atoms with Crippen LogP contribution in [-0.2, 0) is 14.8 Å². The van der Waals surface area contributed by atoms with Crippen molar-refractivity contribution < 1.29 is 22.7 Å². The van der Waals surface area contributed by atoms with Crippen molar-refractivity contribution in [2.24, 2.45) is 0 Å². The van der Waals surface area contributed by atoms with Crippen molar-refractivity contribution in [1.29, 1.82) is 0 Å². The molecule has 0 saturated heterocycles. The van der Waals surface area contributed by atoms with E-state index in [4.69, 9.17) is 9.47 Å². The van der Waals surface area contributed by atoms with Crippen LogP contribution in [-0.4, -0.2) is 35.6 Å². The first-order chi connectivity index (χ1) is 13.2. The molecule has 2 aromatic carbocycles. The number of ether oxygens (including phenoxy) is 2. The predicted octanol–water partition coefficient (Wildman–Crippen LogP) is 3.16. The number of benzene rings is 2. The predicted molar refractivity (Wildman–Crippen MR) is 109 cm³/mol. The first kappa shape index (κ1) is 19.8. The molecule has 0 fully saturated rings. The molecule has 28 heavy (non-hydrogen) atoms. The number of hydrogen-bond acceptors (Lipinski definition) is 5. The van der Waals surface area contributed by atoms with Gasteiger partial charge in [0.15, 0.2) is 16.4 Å². The van der Waals surface area contributed by atoms with Gasteiger partial charge in [-0.15, -0.1) is 0 Å². The summed E-state index contributed by atoms with van der Waals surface area (Å²) in [7, 11) is 0.350. The molecule has 1 heterocycles. The van der Waals surface area contributed by atoms with E-state index >= 15 is 0 Å². The van der Waals surface area contributed by atoms with Gasteiger partial charge in [0.25, 0.3) is 15.9 Å². The number of amides is 1. The highest BCUT2D eigenvalue weighted by Gasteiger charge is 2.38. The van der Waals surface area contributed by atoms with E-state index in [0.29, 0.717) is 34.0 Å². The Morgan fingerprint density at radius 1 is 1.04 bits per heavy atom. The first-order valence-electron chi connectivity index (χ1n) is 8.55. The first-order valence-corrected chi connectivity index (χ1v) is 9.99. The van der Waals surface area contributed by atoms with Crippen LogP contribution >= 0.6 is 0 Å². The van der Waals surface area contributed by atoms with Gasteiger partial charge in [-0.25, -0.2) is 8.42 Å². The maximum absolute atomic E-state index is 13.1. The molecule has 1 aliphatic heterocycles. The van der Waals surface area contributed by atoms with E-state index in [1.54, 1.807) is 37.3 Å². The van der Waals surface area contributed by atoms with Crippen molar-refractivity contribution in [1.82, 2.24) is 0 Å². The molecule has 0 unspecified atom stereocenters. The van der Waals surface area contributed by atoms with E-state index in [1.165, 1.54) is 21.3 Å². The molecule has 0 atom stereocenters. The number of nitrogens with zero attached hydrogens (tertiary/aromatic N) is 1. The second-order valence-electron chi connectivity index (χ2n) is 6.47. The van der Waals surface area contributed by atoms with Crippen LogP contribution in [0.15, 0.2) is 41.3 Å². The maximum Gasteiger partial charge on any atom is 0.269 e. The van der Waals surface area contributed by atoms with Crippen LogP contribution in [0.1, 0.15) is 18.1 Å². The normalized spacial score (nSPS) is 15.1. The highest BCUT2D eigenvalue weighted by molar-refractivity contribution is 7.97. The molecule has 1 amide bonds. The summed E-state index contributed by atoms with van der Waals surface area (Å²) in [5.41, 5.74) is 2.83. The Labute approximate surface area is 164 Å². The Bertz CT molecular complexity index is 1090. The fraction of sp³-hybridized carbons (Fsp3) is 0.250. The van der Waals surface area contributed by atoms with Crippen molar-refractivity contribution in [2.75, 3.05) is 30.9 Å². The van der Waals surface area contributed by atoms with Gasteiger partial charge in [0.1, 0.15) is 0 Å². The summed E-state index contributed by atoms with van der Waals surface area (Å²) in [6.45, 7) is 3.50. The van der Waals surface area contributed by atoms with Gasteiger partial charge in [-0.1, -0.05) is 12.1 Å². The van der Waals surface area contributed by atoms with Crippen molar-refractivity contribution in [3.63, 3.8) is 0 Å². The minimum atomic E-state index is -4.03. The van der Waals surface area contributed by atoms with Crippen molar-refractivity contribution in [2.45, 2.75) is 13.8 Å². The minimum Gasteiger partial charge on any atom is -0.493 e. The van der Waals surface area contributed by atoms with E-state index in [2.05, 4.69) is 5.32 Å². The van der Waals surface area contributed by atoms with Crippen molar-refractivity contribution in [3.05, 3.63) is 52.4 Å². The third kappa shape index (κ3) is 3.20. The van der Waals surface area contributed by atoms with Gasteiger partial charge in [0.05, 0.1) is 19.9 Å². The molecule has 0 radical (unpaired) electrons. The van der Waals surface area contributed by atoms with Crippen LogP contribution in [0.25, 0.3) is 5.57 Å². The fourth-order valence-electron chi connectivity index (χ4n) is 3.21. The Balaban J connectivity index is 2.15. The molecule has 0 aliphatic carbocycles. The lowest BCUT2D eigenvalue weighted by Gasteiger charge is -2.30. The second-order valence-corrected chi connectivity index (χ2v) is 8.38. The highest BCUT2D eigenvalue weighted by Crippen LogP contribution is 2.44. The van der Waals surface area contributed by atoms with Gasteiger partial charge < -0.3 is 14.8 Å². The van der Waals surface area contributed by atoms with Gasteiger partial charge in [-0.2, -0.15) is 0 Å². The van der Waals surface area contributed by atoms with E-state index in [9.17, 15) is 13.2 Å². The second kappa shape index (κ2) is 7.20. The monoisotopic (exact) mass is 402 g/mol. The number of nitrogens with one attached hydrogen (secondary N) is 1. The standard InChI is InChI=1S/C20H22N2O5S/c1-12-7-6-8-14(9-12)21-20(23)19-13(2)15-10-17(26-4)18(27-5)11-16(15)22(3)28(19,24)25/h6-11H,1-5H3,(H,21,23). The molecular formula is C20H22N2O5S. The average Bonchev–Trinajstić information content (AvgIpc) is 2.65. The number of allylic oxidation sites excluding steroid dienone is 1. The van der Waals surface area contributed by atoms with Crippen LogP contribution in [0.3, 0.4) is 0 Å². The van der Waals surface area contributed by atoms with Gasteiger partial charge in [0.2, 0.25) is 0 Å². The number of hydrogen-bond donors (Lipinski definition) is 1. The number of sulfonamides is 1. The topological polar surface area (TPSA) is 84.9 Å². The smallest absolute Gasteiger partial charge is 0.269 e. The van der Waals surface area contributed by atoms with Gasteiger partial charge in [0, 0.05) is 24.4 Å². The third-order valence-electron chi connectivity index (χ3n) is 4.69. The van der Waals surface area contributed by atoms with E-state index in [1.807, 2.05) is 13.0 Å². The van der Waals surface area contributed by atoms with Crippen molar-refractivity contribution in [3.8, 4) is 11.5 Å². The number of rotatable bonds is 4. The lowest BCUT2D eigenvalue weighted by molar-refractivity contribution is -0.112. The van der Waals surface area contributed by atoms with Crippen LogP contribution in [0.2, 0.25) is 0 Å².